The van der Waals surface area contributed by atoms with Crippen LogP contribution >= 0.6 is 0 Å². The molecule has 0 aromatic heterocycles. The zero-order valence-electron chi connectivity index (χ0n) is 18.6. The van der Waals surface area contributed by atoms with Gasteiger partial charge in [-0.25, -0.2) is 10.9 Å². The molecule has 170 valence electrons. The lowest BCUT2D eigenvalue weighted by atomic mass is 9.96. The maximum atomic E-state index is 13.1. The largest absolute Gasteiger partial charge is 0.342 e. The van der Waals surface area contributed by atoms with E-state index >= 15 is 0 Å². The molecule has 3 aliphatic heterocycles. The van der Waals surface area contributed by atoms with Gasteiger partial charge in [0.2, 0.25) is 11.8 Å². The number of hydrazine groups is 1. The van der Waals surface area contributed by atoms with Crippen LogP contribution in [0.4, 0.5) is 0 Å². The molecule has 32 heavy (non-hydrogen) atoms. The van der Waals surface area contributed by atoms with Crippen LogP contribution in [0, 0.1) is 0 Å². The van der Waals surface area contributed by atoms with Crippen LogP contribution in [-0.4, -0.2) is 78.4 Å². The third kappa shape index (κ3) is 4.51. The summed E-state index contributed by atoms with van der Waals surface area (Å²) in [6.45, 7) is 5.17. The molecular formula is C25H33N5O2. The van der Waals surface area contributed by atoms with Gasteiger partial charge in [-0.1, -0.05) is 42.5 Å². The number of carbonyl (C=O) groups is 2. The SMILES string of the molecule is O=C(CN1CCN(C(=O)C2CC(c3cccc4ccccc34)NN2)CC1)N1CCCCC1. The lowest BCUT2D eigenvalue weighted by Gasteiger charge is -2.36. The third-order valence-corrected chi connectivity index (χ3v) is 7.15. The Kier molecular flexibility index (Phi) is 6.39. The molecule has 0 bridgehead atoms. The second-order valence-electron chi connectivity index (χ2n) is 9.24. The number of rotatable bonds is 4. The Hall–Kier alpha value is -2.48. The molecule has 5 rings (SSSR count). The molecule has 2 amide bonds. The zero-order valence-corrected chi connectivity index (χ0v) is 18.6. The predicted molar refractivity (Wildman–Crippen MR) is 125 cm³/mol. The van der Waals surface area contributed by atoms with Crippen molar-refractivity contribution in [1.29, 1.82) is 0 Å². The minimum Gasteiger partial charge on any atom is -0.342 e. The Labute approximate surface area is 189 Å². The molecule has 3 fully saturated rings. The van der Waals surface area contributed by atoms with E-state index in [2.05, 4.69) is 58.2 Å². The van der Waals surface area contributed by atoms with Crippen molar-refractivity contribution in [1.82, 2.24) is 25.6 Å². The Morgan fingerprint density at radius 1 is 0.812 bits per heavy atom. The molecule has 7 heteroatoms. The highest BCUT2D eigenvalue weighted by molar-refractivity contribution is 5.87. The van der Waals surface area contributed by atoms with E-state index in [4.69, 9.17) is 0 Å². The summed E-state index contributed by atoms with van der Waals surface area (Å²) >= 11 is 0. The van der Waals surface area contributed by atoms with Gasteiger partial charge in [0, 0.05) is 45.3 Å². The number of piperazine rings is 1. The van der Waals surface area contributed by atoms with Gasteiger partial charge in [0.05, 0.1) is 6.54 Å². The first kappa shape index (κ1) is 21.4. The van der Waals surface area contributed by atoms with Crippen molar-refractivity contribution < 1.29 is 9.59 Å². The molecule has 0 aliphatic carbocycles. The van der Waals surface area contributed by atoms with Gasteiger partial charge >= 0.3 is 0 Å². The predicted octanol–water partition coefficient (Wildman–Crippen LogP) is 1.90. The number of likely N-dealkylation sites (tertiary alicyclic amines) is 1. The first-order valence-electron chi connectivity index (χ1n) is 12.0. The number of amides is 2. The fourth-order valence-electron chi connectivity index (χ4n) is 5.26. The molecule has 3 aliphatic rings. The van der Waals surface area contributed by atoms with Gasteiger partial charge in [0.15, 0.2) is 0 Å². The maximum Gasteiger partial charge on any atom is 0.241 e. The smallest absolute Gasteiger partial charge is 0.241 e. The number of benzene rings is 2. The van der Waals surface area contributed by atoms with Crippen LogP contribution in [0.3, 0.4) is 0 Å². The molecule has 2 aromatic carbocycles. The van der Waals surface area contributed by atoms with Gasteiger partial charge in [-0.05, 0) is 42.0 Å². The zero-order chi connectivity index (χ0) is 21.9. The van der Waals surface area contributed by atoms with Crippen molar-refractivity contribution in [3.8, 4) is 0 Å². The second-order valence-corrected chi connectivity index (χ2v) is 9.24. The van der Waals surface area contributed by atoms with Gasteiger partial charge in [-0.2, -0.15) is 0 Å². The Bertz CT molecular complexity index is 960. The summed E-state index contributed by atoms with van der Waals surface area (Å²) in [5.74, 6) is 0.395. The lowest BCUT2D eigenvalue weighted by Crippen LogP contribution is -2.55. The number of hydrogen-bond donors (Lipinski definition) is 2. The van der Waals surface area contributed by atoms with E-state index in [0.29, 0.717) is 19.6 Å². The summed E-state index contributed by atoms with van der Waals surface area (Å²) in [7, 11) is 0. The molecule has 0 radical (unpaired) electrons. The highest BCUT2D eigenvalue weighted by atomic mass is 16.2. The van der Waals surface area contributed by atoms with Crippen molar-refractivity contribution in [3.05, 3.63) is 48.0 Å². The van der Waals surface area contributed by atoms with Crippen LogP contribution in [0.2, 0.25) is 0 Å². The van der Waals surface area contributed by atoms with E-state index < -0.39 is 0 Å². The summed E-state index contributed by atoms with van der Waals surface area (Å²) < 4.78 is 0. The van der Waals surface area contributed by atoms with E-state index in [1.54, 1.807) is 0 Å². The summed E-state index contributed by atoms with van der Waals surface area (Å²) in [5.41, 5.74) is 7.81. The molecule has 2 aromatic rings. The van der Waals surface area contributed by atoms with Crippen molar-refractivity contribution in [3.63, 3.8) is 0 Å². The van der Waals surface area contributed by atoms with Crippen LogP contribution < -0.4 is 10.9 Å². The van der Waals surface area contributed by atoms with Crippen molar-refractivity contribution in [2.75, 3.05) is 45.8 Å². The van der Waals surface area contributed by atoms with Gasteiger partial charge in [0.1, 0.15) is 6.04 Å². The quantitative estimate of drug-likeness (QED) is 0.768. The van der Waals surface area contributed by atoms with Crippen molar-refractivity contribution in [2.24, 2.45) is 0 Å². The minimum absolute atomic E-state index is 0.110. The maximum absolute atomic E-state index is 13.1. The lowest BCUT2D eigenvalue weighted by molar-refractivity contribution is -0.136. The molecule has 2 atom stereocenters. The van der Waals surface area contributed by atoms with Crippen LogP contribution in [0.25, 0.3) is 10.8 Å². The van der Waals surface area contributed by atoms with Gasteiger partial charge in [-0.15, -0.1) is 0 Å². The third-order valence-electron chi connectivity index (χ3n) is 7.15. The number of hydrogen-bond acceptors (Lipinski definition) is 5. The topological polar surface area (TPSA) is 67.9 Å². The average Bonchev–Trinajstić information content (AvgIpc) is 3.34. The van der Waals surface area contributed by atoms with Crippen LogP contribution in [0.15, 0.2) is 42.5 Å². The van der Waals surface area contributed by atoms with Gasteiger partial charge in [0.25, 0.3) is 0 Å². The van der Waals surface area contributed by atoms with E-state index in [0.717, 1.165) is 45.4 Å². The van der Waals surface area contributed by atoms with Crippen LogP contribution in [-0.2, 0) is 9.59 Å². The average molecular weight is 436 g/mol. The fourth-order valence-corrected chi connectivity index (χ4v) is 5.26. The number of carbonyl (C=O) groups excluding carboxylic acids is 2. The Morgan fingerprint density at radius 3 is 2.38 bits per heavy atom. The second kappa shape index (κ2) is 9.57. The Morgan fingerprint density at radius 2 is 1.56 bits per heavy atom. The van der Waals surface area contributed by atoms with Crippen LogP contribution in [0.1, 0.15) is 37.3 Å². The first-order valence-corrected chi connectivity index (χ1v) is 12.0. The number of piperidine rings is 1. The molecule has 3 saturated heterocycles. The summed E-state index contributed by atoms with van der Waals surface area (Å²) in [6, 6.07) is 14.6. The number of fused-ring (bicyclic) bond motifs is 1. The Balaban J connectivity index is 1.14. The summed E-state index contributed by atoms with van der Waals surface area (Å²) in [5, 5.41) is 2.45. The molecule has 2 unspecified atom stereocenters. The summed E-state index contributed by atoms with van der Waals surface area (Å²) in [6.07, 6.45) is 4.21. The molecule has 7 nitrogen and oxygen atoms in total. The monoisotopic (exact) mass is 435 g/mol. The molecule has 3 heterocycles. The first-order chi connectivity index (χ1) is 15.7. The van der Waals surface area contributed by atoms with Crippen molar-refractivity contribution in [2.45, 2.75) is 37.8 Å². The van der Waals surface area contributed by atoms with E-state index in [9.17, 15) is 9.59 Å². The normalized spacial score (nSPS) is 24.8. The van der Waals surface area contributed by atoms with E-state index in [1.165, 1.54) is 22.8 Å². The molecule has 0 saturated carbocycles. The standard InChI is InChI=1S/C25H33N5O2/c31-24(29-11-4-1-5-12-29)18-28-13-15-30(16-14-28)25(32)23-17-22(26-27-23)21-10-6-8-19-7-2-3-9-20(19)21/h2-3,6-10,22-23,26-27H,1,4-5,11-18H2. The number of nitrogens with zero attached hydrogens (tertiary/aromatic N) is 3. The van der Waals surface area contributed by atoms with E-state index in [-0.39, 0.29) is 23.9 Å². The van der Waals surface area contributed by atoms with Crippen LogP contribution in [0.5, 0.6) is 0 Å². The molecule has 2 N–H and O–H groups in total. The highest BCUT2D eigenvalue weighted by Crippen LogP contribution is 2.29. The highest BCUT2D eigenvalue weighted by Gasteiger charge is 2.35. The molecule has 0 spiro atoms. The van der Waals surface area contributed by atoms with E-state index in [1.807, 2.05) is 9.80 Å². The minimum atomic E-state index is -0.222. The fraction of sp³-hybridized carbons (Fsp3) is 0.520. The van der Waals surface area contributed by atoms with Crippen molar-refractivity contribution >= 4 is 22.6 Å². The molecular weight excluding hydrogens is 402 g/mol. The van der Waals surface area contributed by atoms with Gasteiger partial charge < -0.3 is 9.80 Å². The van der Waals surface area contributed by atoms with Gasteiger partial charge in [-0.3, -0.25) is 14.5 Å². The number of nitrogens with one attached hydrogen (secondary N) is 2. The summed E-state index contributed by atoms with van der Waals surface area (Å²) in [4.78, 5) is 31.8.